The maximum absolute atomic E-state index is 12.6. The van der Waals surface area contributed by atoms with Crippen molar-refractivity contribution >= 4 is 5.91 Å². The summed E-state index contributed by atoms with van der Waals surface area (Å²) >= 11 is 0. The van der Waals surface area contributed by atoms with Crippen LogP contribution in [0.4, 0.5) is 0 Å². The lowest BCUT2D eigenvalue weighted by atomic mass is 9.86. The van der Waals surface area contributed by atoms with Crippen LogP contribution in [0.5, 0.6) is 0 Å². The highest BCUT2D eigenvalue weighted by Gasteiger charge is 2.19. The van der Waals surface area contributed by atoms with Gasteiger partial charge in [0, 0.05) is 25.1 Å². The highest BCUT2D eigenvalue weighted by atomic mass is 16.3. The fraction of sp³-hybridized carbons (Fsp3) is 0.737. The first-order valence-electron chi connectivity index (χ1n) is 9.05. The molecule has 4 heteroatoms. The highest BCUT2D eigenvalue weighted by molar-refractivity contribution is 5.76. The number of nitrogens with zero attached hydrogens (tertiary/aromatic N) is 1. The largest absolute Gasteiger partial charge is 0.508 e. The van der Waals surface area contributed by atoms with Crippen molar-refractivity contribution in [2.75, 3.05) is 19.7 Å². The van der Waals surface area contributed by atoms with Crippen molar-refractivity contribution in [1.82, 2.24) is 4.90 Å². The van der Waals surface area contributed by atoms with Crippen LogP contribution >= 0.6 is 0 Å². The molecule has 23 heavy (non-hydrogen) atoms. The minimum atomic E-state index is -0.135. The van der Waals surface area contributed by atoms with Gasteiger partial charge in [0.1, 0.15) is 5.76 Å². The first kappa shape index (κ1) is 19.8. The third-order valence-corrected chi connectivity index (χ3v) is 4.64. The summed E-state index contributed by atoms with van der Waals surface area (Å²) in [6.07, 6.45) is 12.1. The molecule has 1 aliphatic carbocycles. The smallest absolute Gasteiger partial charge is 0.222 e. The second-order valence-corrected chi connectivity index (χ2v) is 6.44. The molecule has 1 aliphatic rings. The van der Waals surface area contributed by atoms with E-state index in [1.807, 2.05) is 11.8 Å². The van der Waals surface area contributed by atoms with Crippen LogP contribution in [-0.4, -0.2) is 40.7 Å². The Bertz CT molecular complexity index is 409. The summed E-state index contributed by atoms with van der Waals surface area (Å²) in [5, 5.41) is 19.0. The van der Waals surface area contributed by atoms with Gasteiger partial charge in [-0.25, -0.2) is 0 Å². The monoisotopic (exact) mass is 323 g/mol. The van der Waals surface area contributed by atoms with Crippen molar-refractivity contribution in [3.8, 4) is 0 Å². The van der Waals surface area contributed by atoms with Crippen LogP contribution in [0.3, 0.4) is 0 Å². The summed E-state index contributed by atoms with van der Waals surface area (Å²) in [7, 11) is 0. The maximum Gasteiger partial charge on any atom is 0.222 e. The lowest BCUT2D eigenvalue weighted by molar-refractivity contribution is -0.131. The van der Waals surface area contributed by atoms with Gasteiger partial charge in [-0.1, -0.05) is 45.1 Å². The van der Waals surface area contributed by atoms with Crippen LogP contribution in [-0.2, 0) is 4.79 Å². The second-order valence-electron chi connectivity index (χ2n) is 6.44. The van der Waals surface area contributed by atoms with Gasteiger partial charge in [-0.2, -0.15) is 0 Å². The van der Waals surface area contributed by atoms with Gasteiger partial charge < -0.3 is 15.1 Å². The van der Waals surface area contributed by atoms with Gasteiger partial charge in [-0.05, 0) is 31.8 Å². The molecule has 0 atom stereocenters. The lowest BCUT2D eigenvalue weighted by Crippen LogP contribution is -2.34. The fourth-order valence-corrected chi connectivity index (χ4v) is 3.27. The number of allylic oxidation sites excluding steroid dienone is 1. The van der Waals surface area contributed by atoms with Crippen molar-refractivity contribution in [3.05, 3.63) is 23.5 Å². The summed E-state index contributed by atoms with van der Waals surface area (Å²) in [5.41, 5.74) is 0.620. The molecule has 1 amide bonds. The van der Waals surface area contributed by atoms with Crippen molar-refractivity contribution in [1.29, 1.82) is 0 Å². The van der Waals surface area contributed by atoms with Crippen LogP contribution in [0.1, 0.15) is 65.2 Å². The molecule has 0 bridgehead atoms. The molecule has 1 saturated carbocycles. The first-order chi connectivity index (χ1) is 11.1. The van der Waals surface area contributed by atoms with Gasteiger partial charge in [0.15, 0.2) is 0 Å². The zero-order valence-corrected chi connectivity index (χ0v) is 14.8. The van der Waals surface area contributed by atoms with E-state index in [1.165, 1.54) is 32.1 Å². The number of amides is 1. The molecule has 0 radical (unpaired) electrons. The number of carbonyl (C=O) groups excluding carboxylic acids is 1. The van der Waals surface area contributed by atoms with Gasteiger partial charge in [0.05, 0.1) is 6.61 Å². The normalized spacial score (nSPS) is 17.3. The van der Waals surface area contributed by atoms with E-state index in [4.69, 9.17) is 5.11 Å². The molecule has 4 nitrogen and oxygen atoms in total. The first-order valence-corrected chi connectivity index (χ1v) is 9.05. The summed E-state index contributed by atoms with van der Waals surface area (Å²) in [4.78, 5) is 14.4. The molecule has 0 heterocycles. The average molecular weight is 323 g/mol. The molecule has 2 N–H and O–H groups in total. The van der Waals surface area contributed by atoms with E-state index in [9.17, 15) is 9.90 Å². The molecule has 0 aromatic carbocycles. The number of aliphatic hydroxyl groups excluding tert-OH is 2. The molecule has 0 aromatic rings. The number of rotatable bonds is 9. The van der Waals surface area contributed by atoms with Crippen molar-refractivity contribution < 1.29 is 15.0 Å². The van der Waals surface area contributed by atoms with Crippen LogP contribution in [0, 0.1) is 5.92 Å². The maximum atomic E-state index is 12.6. The third kappa shape index (κ3) is 7.21. The Hall–Kier alpha value is -1.29. The van der Waals surface area contributed by atoms with Crippen LogP contribution in [0.15, 0.2) is 23.5 Å². The quantitative estimate of drug-likeness (QED) is 0.498. The Morgan fingerprint density at radius 3 is 2.52 bits per heavy atom. The predicted molar refractivity (Wildman–Crippen MR) is 94.2 cm³/mol. The summed E-state index contributed by atoms with van der Waals surface area (Å²) < 4.78 is 0. The Labute approximate surface area is 140 Å². The number of hydrogen-bond acceptors (Lipinski definition) is 3. The van der Waals surface area contributed by atoms with Gasteiger partial charge in [-0.15, -0.1) is 0 Å². The van der Waals surface area contributed by atoms with Crippen molar-refractivity contribution in [3.63, 3.8) is 0 Å². The molecule has 0 aliphatic heterocycles. The van der Waals surface area contributed by atoms with Gasteiger partial charge in [-0.3, -0.25) is 4.79 Å². The van der Waals surface area contributed by atoms with E-state index in [0.29, 0.717) is 31.0 Å². The van der Waals surface area contributed by atoms with E-state index in [0.717, 1.165) is 12.8 Å². The van der Waals surface area contributed by atoms with Gasteiger partial charge in [0.2, 0.25) is 5.91 Å². The average Bonchev–Trinajstić information content (AvgIpc) is 2.58. The molecule has 132 valence electrons. The van der Waals surface area contributed by atoms with E-state index in [2.05, 4.69) is 0 Å². The topological polar surface area (TPSA) is 60.8 Å². The molecule has 0 unspecified atom stereocenters. The molecule has 0 aromatic heterocycles. The Morgan fingerprint density at radius 2 is 1.96 bits per heavy atom. The van der Waals surface area contributed by atoms with E-state index in [1.54, 1.807) is 19.1 Å². The molecular formula is C19H33NO3. The predicted octanol–water partition coefficient (Wildman–Crippen LogP) is 3.97. The highest BCUT2D eigenvalue weighted by Crippen LogP contribution is 2.27. The number of aliphatic hydroxyl groups is 2. The standard InChI is InChI=1S/C19H33NO3/c1-3-13-20(15-17(12-14-21)18(22)4-2)19(23)11-10-16-8-6-5-7-9-16/h4,12,16,21-22H,3,5-11,13-15H2,1-2H3/b17-12-,18-4+. The van der Waals surface area contributed by atoms with Gasteiger partial charge >= 0.3 is 0 Å². The van der Waals surface area contributed by atoms with Crippen molar-refractivity contribution in [2.45, 2.75) is 65.2 Å². The fourth-order valence-electron chi connectivity index (χ4n) is 3.27. The molecule has 0 spiro atoms. The zero-order valence-electron chi connectivity index (χ0n) is 14.8. The Balaban J connectivity index is 2.60. The minimum Gasteiger partial charge on any atom is -0.508 e. The summed E-state index contributed by atoms with van der Waals surface area (Å²) in [6.45, 7) is 4.71. The summed E-state index contributed by atoms with van der Waals surface area (Å²) in [5.74, 6) is 0.998. The van der Waals surface area contributed by atoms with Crippen LogP contribution < -0.4 is 0 Å². The Morgan fingerprint density at radius 1 is 1.26 bits per heavy atom. The van der Waals surface area contributed by atoms with E-state index >= 15 is 0 Å². The molecule has 1 fully saturated rings. The van der Waals surface area contributed by atoms with Gasteiger partial charge in [0.25, 0.3) is 0 Å². The molecule has 0 saturated heterocycles. The van der Waals surface area contributed by atoms with E-state index in [-0.39, 0.29) is 18.3 Å². The minimum absolute atomic E-state index is 0.135. The number of carbonyl (C=O) groups is 1. The number of hydrogen-bond donors (Lipinski definition) is 2. The van der Waals surface area contributed by atoms with E-state index < -0.39 is 0 Å². The Kier molecular flexibility index (Phi) is 9.69. The lowest BCUT2D eigenvalue weighted by Gasteiger charge is -2.26. The third-order valence-electron chi connectivity index (χ3n) is 4.64. The second kappa shape index (κ2) is 11.3. The SMILES string of the molecule is C/C=C(O)\C(=C/CO)CN(CCC)C(=O)CCC1CCCCC1. The van der Waals surface area contributed by atoms with Crippen LogP contribution in [0.2, 0.25) is 0 Å². The van der Waals surface area contributed by atoms with Crippen LogP contribution in [0.25, 0.3) is 0 Å². The summed E-state index contributed by atoms with van der Waals surface area (Å²) in [6, 6.07) is 0. The van der Waals surface area contributed by atoms with Crippen molar-refractivity contribution in [2.24, 2.45) is 5.92 Å². The molecule has 1 rings (SSSR count). The molecular weight excluding hydrogens is 290 g/mol. The zero-order chi connectivity index (χ0) is 17.1.